The average Bonchev–Trinajstić information content (AvgIpc) is 3.81. The van der Waals surface area contributed by atoms with E-state index in [-0.39, 0.29) is 47.3 Å². The van der Waals surface area contributed by atoms with Crippen LogP contribution in [-0.2, 0) is 41.5 Å². The predicted octanol–water partition coefficient (Wildman–Crippen LogP) is 11.8. The summed E-state index contributed by atoms with van der Waals surface area (Å²) in [6.07, 6.45) is 17.1. The van der Waals surface area contributed by atoms with Crippen molar-refractivity contribution in [3.63, 3.8) is 0 Å². The number of fused-ring (bicyclic) bond motifs is 5. The van der Waals surface area contributed by atoms with Gasteiger partial charge in [-0.1, -0.05) is 58.2 Å². The minimum absolute atomic E-state index is 0. The molecule has 0 saturated heterocycles. The van der Waals surface area contributed by atoms with E-state index < -0.39 is 0 Å². The number of benzene rings is 4. The normalized spacial score (nSPS) is 15.1. The maximum atomic E-state index is 11.9. The van der Waals surface area contributed by atoms with Gasteiger partial charge in [0.2, 0.25) is 0 Å². The summed E-state index contributed by atoms with van der Waals surface area (Å²) >= 11 is 1.30. The standard InChI is InChI=1S/C25H25.2C6H4F.C5H5.CH2.2ClH.Zr/c1-14-12-24(3,4)22-8-16-7-17-9-23-19(15(2)13-25(23,5)6)11-21(17)20(16)10-18(14)22;2*7-6-4-2-1-3-5-6;1-2-4-5-3-1;;;;/h8-12H,7H2,1-6H3;2*2-5H;1-3H,4H2;1H2;2*1H;/q4*-1;;;;. The summed E-state index contributed by atoms with van der Waals surface area (Å²) in [5, 5.41) is 0. The molecule has 0 saturated carbocycles. The van der Waals surface area contributed by atoms with Crippen molar-refractivity contribution in [2.45, 2.75) is 65.2 Å². The van der Waals surface area contributed by atoms with Crippen molar-refractivity contribution in [1.82, 2.24) is 0 Å². The van der Waals surface area contributed by atoms with Crippen LogP contribution in [-0.4, -0.2) is 4.21 Å². The Labute approximate surface area is 313 Å². The zero-order valence-electron chi connectivity index (χ0n) is 28.4. The molecule has 0 bridgehead atoms. The number of hydrogen-bond donors (Lipinski definition) is 0. The number of allylic oxidation sites excluding steroid dienone is 8. The van der Waals surface area contributed by atoms with Crippen molar-refractivity contribution in [3.05, 3.63) is 166 Å². The van der Waals surface area contributed by atoms with Gasteiger partial charge >= 0.3 is 28.4 Å². The second kappa shape index (κ2) is 18.1. The summed E-state index contributed by atoms with van der Waals surface area (Å²) in [6.45, 7) is 13.7. The third-order valence-electron chi connectivity index (χ3n) is 8.37. The van der Waals surface area contributed by atoms with Crippen LogP contribution in [0.5, 0.6) is 0 Å². The molecule has 0 radical (unpaired) electrons. The van der Waals surface area contributed by atoms with Gasteiger partial charge < -0.3 is 0 Å². The van der Waals surface area contributed by atoms with E-state index in [0.29, 0.717) is 0 Å². The molecule has 0 aromatic heterocycles. The van der Waals surface area contributed by atoms with Gasteiger partial charge in [0.05, 0.1) is 0 Å². The van der Waals surface area contributed by atoms with E-state index in [2.05, 4.69) is 106 Å². The molecule has 0 N–H and O–H groups in total. The van der Waals surface area contributed by atoms with E-state index in [0.717, 1.165) is 12.8 Å². The molecule has 0 spiro atoms. The number of halogens is 4. The van der Waals surface area contributed by atoms with Crippen LogP contribution in [0, 0.1) is 35.9 Å². The van der Waals surface area contributed by atoms with Gasteiger partial charge in [-0.05, 0) is 58.4 Å². The van der Waals surface area contributed by atoms with Gasteiger partial charge in [0.1, 0.15) is 0 Å². The SMILES string of the molecule is CC1=[C-]C(C)(C)c2cc3c(cc21)-c1cc2c(cc1C3)C(C)(C)C=C2C.Cl.Cl.Fc1cc[c-]cc1.Fc1cc[c-]cc1.[C-]1=CC=CC1.[CH2]=[Zr]. The second-order valence-corrected chi connectivity index (χ2v) is 12.7. The molecule has 0 atom stereocenters. The maximum absolute atomic E-state index is 11.9. The Morgan fingerprint density at radius 2 is 1.21 bits per heavy atom. The summed E-state index contributed by atoms with van der Waals surface area (Å²) in [7, 11) is 0. The first-order valence-corrected chi connectivity index (χ1v) is 17.2. The number of hydrogen-bond acceptors (Lipinski definition) is 0. The van der Waals surface area contributed by atoms with Crippen molar-refractivity contribution in [1.29, 1.82) is 0 Å². The van der Waals surface area contributed by atoms with Gasteiger partial charge in [0, 0.05) is 17.0 Å². The molecule has 4 aliphatic carbocycles. The van der Waals surface area contributed by atoms with Crippen LogP contribution in [0.3, 0.4) is 0 Å². The van der Waals surface area contributed by atoms with Crippen LogP contribution in [0.25, 0.3) is 22.3 Å². The molecular weight excluding hydrogens is 717 g/mol. The first kappa shape index (κ1) is 41.2. The van der Waals surface area contributed by atoms with Crippen LogP contribution in [0.2, 0.25) is 0 Å². The van der Waals surface area contributed by atoms with Crippen molar-refractivity contribution in [3.8, 4) is 11.1 Å². The van der Waals surface area contributed by atoms with Gasteiger partial charge in [-0.2, -0.15) is 48.0 Å². The molecule has 5 heteroatoms. The van der Waals surface area contributed by atoms with Crippen molar-refractivity contribution in [2.75, 3.05) is 0 Å². The summed E-state index contributed by atoms with van der Waals surface area (Å²) in [5.74, 6) is -0.419. The summed E-state index contributed by atoms with van der Waals surface area (Å²) in [4.78, 5) is 0. The van der Waals surface area contributed by atoms with Crippen molar-refractivity contribution >= 4 is 40.2 Å². The van der Waals surface area contributed by atoms with E-state index in [4.69, 9.17) is 0 Å². The molecule has 0 aliphatic heterocycles. The van der Waals surface area contributed by atoms with Crippen LogP contribution in [0.1, 0.15) is 81.3 Å². The molecule has 0 fully saturated rings. The van der Waals surface area contributed by atoms with Crippen LogP contribution >= 0.6 is 24.8 Å². The van der Waals surface area contributed by atoms with Gasteiger partial charge in [-0.25, -0.2) is 26.5 Å². The Morgan fingerprint density at radius 3 is 1.62 bits per heavy atom. The Hall–Kier alpha value is -2.97. The average molecular weight is 759 g/mol. The molecule has 0 heterocycles. The van der Waals surface area contributed by atoms with Crippen LogP contribution in [0.15, 0.2) is 97.1 Å². The third kappa shape index (κ3) is 9.81. The minimum atomic E-state index is -0.209. The predicted molar refractivity (Wildman–Crippen MR) is 200 cm³/mol. The first-order chi connectivity index (χ1) is 22.0. The zero-order chi connectivity index (χ0) is 33.5. The molecule has 0 unspecified atom stereocenters. The molecule has 48 heavy (non-hydrogen) atoms. The Morgan fingerprint density at radius 1 is 0.708 bits per heavy atom. The topological polar surface area (TPSA) is 0 Å². The van der Waals surface area contributed by atoms with Crippen molar-refractivity contribution in [2.24, 2.45) is 0 Å². The summed E-state index contributed by atoms with van der Waals surface area (Å²) in [6, 6.07) is 26.8. The van der Waals surface area contributed by atoms with Crippen LogP contribution in [0.4, 0.5) is 8.78 Å². The van der Waals surface area contributed by atoms with Crippen LogP contribution < -0.4 is 0 Å². The van der Waals surface area contributed by atoms with Gasteiger partial charge in [0.15, 0.2) is 0 Å². The molecule has 4 aliphatic rings. The van der Waals surface area contributed by atoms with Gasteiger partial charge in [-0.15, -0.1) is 67.1 Å². The fourth-order valence-corrected chi connectivity index (χ4v) is 6.35. The molecule has 8 rings (SSSR count). The molecular formula is C43H42Cl2F2Zr-4. The second-order valence-electron chi connectivity index (χ2n) is 12.7. The monoisotopic (exact) mass is 756 g/mol. The molecule has 0 amide bonds. The third-order valence-corrected chi connectivity index (χ3v) is 8.37. The fourth-order valence-electron chi connectivity index (χ4n) is 6.35. The molecule has 4 aromatic rings. The first-order valence-electron chi connectivity index (χ1n) is 15.4. The summed E-state index contributed by atoms with van der Waals surface area (Å²) < 4.78 is 27.1. The van der Waals surface area contributed by atoms with Gasteiger partial charge in [0.25, 0.3) is 0 Å². The Bertz CT molecular complexity index is 1670. The zero-order valence-corrected chi connectivity index (χ0v) is 32.5. The molecule has 0 nitrogen and oxygen atoms in total. The van der Waals surface area contributed by atoms with Gasteiger partial charge in [-0.3, -0.25) is 12.2 Å². The van der Waals surface area contributed by atoms with E-state index in [1.54, 1.807) is 0 Å². The Balaban J connectivity index is 0.000000284. The van der Waals surface area contributed by atoms with E-state index in [1.165, 1.54) is 128 Å². The fraction of sp³-hybridized carbons (Fsp3) is 0.233. The van der Waals surface area contributed by atoms with E-state index >= 15 is 0 Å². The quantitative estimate of drug-likeness (QED) is 0.138. The van der Waals surface area contributed by atoms with E-state index in [1.807, 2.05) is 12.2 Å². The molecule has 250 valence electrons. The van der Waals surface area contributed by atoms with Crippen molar-refractivity contribution < 1.29 is 33.0 Å². The summed E-state index contributed by atoms with van der Waals surface area (Å²) in [5.41, 5.74) is 14.5. The Kier molecular flexibility index (Phi) is 15.6. The van der Waals surface area contributed by atoms with E-state index in [9.17, 15) is 8.78 Å². The number of rotatable bonds is 0. The molecule has 4 aromatic carbocycles.